The number of hydrogen-bond acceptors (Lipinski definition) is 4. The molecular formula is C9H18N2S2. The van der Waals surface area contributed by atoms with Gasteiger partial charge in [0.25, 0.3) is 0 Å². The third kappa shape index (κ3) is 3.05. The van der Waals surface area contributed by atoms with Crippen molar-refractivity contribution in [3.63, 3.8) is 0 Å². The van der Waals surface area contributed by atoms with E-state index in [0.717, 1.165) is 11.2 Å². The van der Waals surface area contributed by atoms with Crippen LogP contribution in [0.1, 0.15) is 19.3 Å². The van der Waals surface area contributed by atoms with Gasteiger partial charge in [-0.05, 0) is 12.3 Å². The van der Waals surface area contributed by atoms with Crippen LogP contribution < -0.4 is 11.3 Å². The number of hydrogen-bond donors (Lipinski definition) is 2. The summed E-state index contributed by atoms with van der Waals surface area (Å²) in [4.78, 5) is 0. The molecule has 1 saturated carbocycles. The van der Waals surface area contributed by atoms with Crippen LogP contribution in [0.15, 0.2) is 0 Å². The van der Waals surface area contributed by atoms with Crippen molar-refractivity contribution in [1.82, 2.24) is 5.43 Å². The van der Waals surface area contributed by atoms with Gasteiger partial charge in [0, 0.05) is 28.6 Å². The van der Waals surface area contributed by atoms with E-state index in [1.165, 1.54) is 36.5 Å². The maximum atomic E-state index is 5.61. The molecular weight excluding hydrogens is 200 g/mol. The van der Waals surface area contributed by atoms with E-state index in [2.05, 4.69) is 28.9 Å². The molecule has 0 aromatic heterocycles. The lowest BCUT2D eigenvalue weighted by molar-refractivity contribution is 0.467. The Hall–Kier alpha value is 0.620. The lowest BCUT2D eigenvalue weighted by Crippen LogP contribution is -2.45. The Balaban J connectivity index is 1.78. The minimum atomic E-state index is 0.560. The molecule has 0 aromatic carbocycles. The third-order valence-corrected chi connectivity index (χ3v) is 5.71. The molecule has 0 spiro atoms. The second-order valence-electron chi connectivity index (χ2n) is 3.94. The van der Waals surface area contributed by atoms with Crippen LogP contribution in [0.3, 0.4) is 0 Å². The van der Waals surface area contributed by atoms with Crippen LogP contribution in [0.2, 0.25) is 0 Å². The first-order valence-corrected chi connectivity index (χ1v) is 7.26. The van der Waals surface area contributed by atoms with E-state index in [4.69, 9.17) is 5.84 Å². The van der Waals surface area contributed by atoms with E-state index in [9.17, 15) is 0 Å². The minimum Gasteiger partial charge on any atom is -0.271 e. The van der Waals surface area contributed by atoms with Crippen LogP contribution in [-0.2, 0) is 0 Å². The van der Waals surface area contributed by atoms with Gasteiger partial charge in [0.15, 0.2) is 0 Å². The zero-order chi connectivity index (χ0) is 9.10. The fraction of sp³-hybridized carbons (Fsp3) is 1.00. The SMILES string of the molecule is NNC(CC1CC1)C1CSCCS1. The highest BCUT2D eigenvalue weighted by atomic mass is 32.2. The van der Waals surface area contributed by atoms with Gasteiger partial charge in [-0.2, -0.15) is 23.5 Å². The van der Waals surface area contributed by atoms with Crippen LogP contribution >= 0.6 is 23.5 Å². The monoisotopic (exact) mass is 218 g/mol. The molecule has 2 fully saturated rings. The molecule has 3 N–H and O–H groups in total. The molecule has 2 aliphatic rings. The topological polar surface area (TPSA) is 38.0 Å². The highest BCUT2D eigenvalue weighted by molar-refractivity contribution is 8.06. The molecule has 0 radical (unpaired) electrons. The van der Waals surface area contributed by atoms with E-state index in [1.54, 1.807) is 0 Å². The number of hydrazine groups is 1. The standard InChI is InChI=1S/C9H18N2S2/c10-11-8(5-7-1-2-7)9-6-12-3-4-13-9/h7-9,11H,1-6,10H2. The molecule has 13 heavy (non-hydrogen) atoms. The summed E-state index contributed by atoms with van der Waals surface area (Å²) < 4.78 is 0. The fourth-order valence-corrected chi connectivity index (χ4v) is 4.66. The Morgan fingerprint density at radius 1 is 1.38 bits per heavy atom. The van der Waals surface area contributed by atoms with Crippen molar-refractivity contribution in [3.05, 3.63) is 0 Å². The van der Waals surface area contributed by atoms with Gasteiger partial charge in [-0.25, -0.2) is 0 Å². The molecule has 2 unspecified atom stereocenters. The van der Waals surface area contributed by atoms with E-state index in [1.807, 2.05) is 0 Å². The van der Waals surface area contributed by atoms with Crippen LogP contribution in [0.25, 0.3) is 0 Å². The summed E-state index contributed by atoms with van der Waals surface area (Å²) in [5.41, 5.74) is 3.01. The molecule has 76 valence electrons. The van der Waals surface area contributed by atoms with Crippen molar-refractivity contribution in [2.24, 2.45) is 11.8 Å². The zero-order valence-corrected chi connectivity index (χ0v) is 9.50. The van der Waals surface area contributed by atoms with Gasteiger partial charge < -0.3 is 0 Å². The largest absolute Gasteiger partial charge is 0.271 e. The van der Waals surface area contributed by atoms with Gasteiger partial charge in [0.2, 0.25) is 0 Å². The van der Waals surface area contributed by atoms with Gasteiger partial charge >= 0.3 is 0 Å². The van der Waals surface area contributed by atoms with E-state index in [-0.39, 0.29) is 0 Å². The summed E-state index contributed by atoms with van der Waals surface area (Å²) in [6, 6.07) is 0.560. The average molecular weight is 218 g/mol. The number of thioether (sulfide) groups is 2. The van der Waals surface area contributed by atoms with Crippen molar-refractivity contribution >= 4 is 23.5 Å². The maximum Gasteiger partial charge on any atom is 0.0340 e. The van der Waals surface area contributed by atoms with Crippen molar-refractivity contribution in [3.8, 4) is 0 Å². The number of nitrogens with two attached hydrogens (primary N) is 1. The molecule has 4 heteroatoms. The van der Waals surface area contributed by atoms with Gasteiger partial charge in [0.1, 0.15) is 0 Å². The average Bonchev–Trinajstić information content (AvgIpc) is 2.99. The van der Waals surface area contributed by atoms with E-state index >= 15 is 0 Å². The Bertz CT molecular complexity index is 156. The van der Waals surface area contributed by atoms with E-state index in [0.29, 0.717) is 6.04 Å². The molecule has 0 bridgehead atoms. The van der Waals surface area contributed by atoms with Gasteiger partial charge in [-0.15, -0.1) is 0 Å². The Labute approximate surface area is 88.8 Å². The summed E-state index contributed by atoms with van der Waals surface area (Å²) in [5.74, 6) is 10.5. The molecule has 0 aromatic rings. The first-order chi connectivity index (χ1) is 6.40. The molecule has 2 nitrogen and oxygen atoms in total. The second kappa shape index (κ2) is 4.91. The first kappa shape index (κ1) is 10.1. The summed E-state index contributed by atoms with van der Waals surface area (Å²) in [5, 5.41) is 0.754. The van der Waals surface area contributed by atoms with Crippen LogP contribution in [0.4, 0.5) is 0 Å². The van der Waals surface area contributed by atoms with Crippen LogP contribution in [-0.4, -0.2) is 28.6 Å². The van der Waals surface area contributed by atoms with Crippen molar-refractivity contribution in [2.75, 3.05) is 17.3 Å². The van der Waals surface area contributed by atoms with Crippen LogP contribution in [0, 0.1) is 5.92 Å². The molecule has 2 rings (SSSR count). The summed E-state index contributed by atoms with van der Waals surface area (Å²) in [6.45, 7) is 0. The van der Waals surface area contributed by atoms with Gasteiger partial charge in [-0.1, -0.05) is 12.8 Å². The fourth-order valence-electron chi connectivity index (χ4n) is 1.78. The van der Waals surface area contributed by atoms with Crippen molar-refractivity contribution < 1.29 is 0 Å². The second-order valence-corrected chi connectivity index (χ2v) is 6.43. The van der Waals surface area contributed by atoms with Crippen molar-refractivity contribution in [1.29, 1.82) is 0 Å². The van der Waals surface area contributed by atoms with E-state index < -0.39 is 0 Å². The lowest BCUT2D eigenvalue weighted by Gasteiger charge is -2.28. The molecule has 1 saturated heterocycles. The summed E-state index contributed by atoms with van der Waals surface area (Å²) in [6.07, 6.45) is 4.17. The molecule has 1 aliphatic carbocycles. The predicted octanol–water partition coefficient (Wildman–Crippen LogP) is 1.47. The van der Waals surface area contributed by atoms with Crippen LogP contribution in [0.5, 0.6) is 0 Å². The zero-order valence-electron chi connectivity index (χ0n) is 7.87. The minimum absolute atomic E-state index is 0.560. The Morgan fingerprint density at radius 2 is 2.23 bits per heavy atom. The predicted molar refractivity (Wildman–Crippen MR) is 62.0 cm³/mol. The molecule has 1 heterocycles. The smallest absolute Gasteiger partial charge is 0.0340 e. The number of rotatable bonds is 4. The first-order valence-electron chi connectivity index (χ1n) is 5.05. The third-order valence-electron chi connectivity index (χ3n) is 2.79. The lowest BCUT2D eigenvalue weighted by atomic mass is 10.1. The normalized spacial score (nSPS) is 31.6. The maximum absolute atomic E-state index is 5.61. The highest BCUT2D eigenvalue weighted by Crippen LogP contribution is 2.37. The molecule has 1 aliphatic heterocycles. The molecule has 0 amide bonds. The molecule has 2 atom stereocenters. The Kier molecular flexibility index (Phi) is 3.84. The summed E-state index contributed by atoms with van der Waals surface area (Å²) >= 11 is 4.18. The Morgan fingerprint density at radius 3 is 2.77 bits per heavy atom. The summed E-state index contributed by atoms with van der Waals surface area (Å²) in [7, 11) is 0. The number of nitrogens with one attached hydrogen (secondary N) is 1. The van der Waals surface area contributed by atoms with Gasteiger partial charge in [-0.3, -0.25) is 11.3 Å². The quantitative estimate of drug-likeness (QED) is 0.553. The van der Waals surface area contributed by atoms with Crippen molar-refractivity contribution in [2.45, 2.75) is 30.6 Å². The highest BCUT2D eigenvalue weighted by Gasteiger charge is 2.30. The van der Waals surface area contributed by atoms with Gasteiger partial charge in [0.05, 0.1) is 0 Å².